The summed E-state index contributed by atoms with van der Waals surface area (Å²) >= 11 is 0. The predicted molar refractivity (Wildman–Crippen MR) is 85.4 cm³/mol. The minimum Gasteiger partial charge on any atom is -0.408 e. The smallest absolute Gasteiger partial charge is 0.408 e. The Bertz CT molecular complexity index is 888. The number of amides is 2. The summed E-state index contributed by atoms with van der Waals surface area (Å²) in [5.74, 6) is -0.521. The number of rotatable bonds is 2. The molecule has 0 atom stereocenters. The fourth-order valence-corrected chi connectivity index (χ4v) is 2.36. The highest BCUT2D eigenvalue weighted by atomic mass is 16.4. The maximum absolute atomic E-state index is 12.0. The van der Waals surface area contributed by atoms with E-state index in [1.54, 1.807) is 18.2 Å². The fourth-order valence-electron chi connectivity index (χ4n) is 2.36. The number of hydrogen-bond acceptors (Lipinski definition) is 3. The normalized spacial score (nSPS) is 10.6. The number of anilines is 2. The van der Waals surface area contributed by atoms with Crippen LogP contribution in [0.4, 0.5) is 16.2 Å². The number of fused-ring (bicyclic) bond motifs is 1. The molecule has 0 bridgehead atoms. The van der Waals surface area contributed by atoms with Crippen LogP contribution < -0.4 is 16.4 Å². The highest BCUT2D eigenvalue weighted by molar-refractivity contribution is 6.00. The molecule has 22 heavy (non-hydrogen) atoms. The Balaban J connectivity index is 1.76. The van der Waals surface area contributed by atoms with Crippen molar-refractivity contribution in [3.8, 4) is 0 Å². The van der Waals surface area contributed by atoms with Crippen LogP contribution in [0.1, 0.15) is 11.1 Å². The maximum atomic E-state index is 12.0. The summed E-state index contributed by atoms with van der Waals surface area (Å²) in [6, 6.07) is 10.4. The number of carbonyl (C=O) groups is 1. The number of oxazole rings is 1. The van der Waals surface area contributed by atoms with Gasteiger partial charge in [-0.1, -0.05) is 6.07 Å². The number of aromatic nitrogens is 1. The van der Waals surface area contributed by atoms with Gasteiger partial charge in [0.05, 0.1) is 5.52 Å². The molecule has 0 fully saturated rings. The summed E-state index contributed by atoms with van der Waals surface area (Å²) in [6.07, 6.45) is 0. The van der Waals surface area contributed by atoms with E-state index in [1.165, 1.54) is 0 Å². The van der Waals surface area contributed by atoms with Crippen LogP contribution >= 0.6 is 0 Å². The van der Waals surface area contributed by atoms with Crippen LogP contribution in [-0.4, -0.2) is 11.0 Å². The van der Waals surface area contributed by atoms with Gasteiger partial charge in [0.25, 0.3) is 0 Å². The van der Waals surface area contributed by atoms with E-state index in [0.717, 1.165) is 16.8 Å². The van der Waals surface area contributed by atoms with Gasteiger partial charge in [0, 0.05) is 17.4 Å². The Hall–Kier alpha value is -3.02. The van der Waals surface area contributed by atoms with Gasteiger partial charge in [-0.15, -0.1) is 0 Å². The zero-order valence-electron chi connectivity index (χ0n) is 12.2. The van der Waals surface area contributed by atoms with Gasteiger partial charge in [0.15, 0.2) is 5.58 Å². The summed E-state index contributed by atoms with van der Waals surface area (Å²) in [7, 11) is 0. The second kappa shape index (κ2) is 5.40. The van der Waals surface area contributed by atoms with Crippen molar-refractivity contribution in [2.24, 2.45) is 0 Å². The Morgan fingerprint density at radius 1 is 1.00 bits per heavy atom. The molecule has 1 aromatic heterocycles. The molecule has 0 saturated carbocycles. The molecule has 6 heteroatoms. The van der Waals surface area contributed by atoms with Gasteiger partial charge in [-0.3, -0.25) is 4.98 Å². The van der Waals surface area contributed by atoms with Crippen LogP contribution in [0.25, 0.3) is 11.1 Å². The number of urea groups is 1. The van der Waals surface area contributed by atoms with Crippen molar-refractivity contribution in [2.75, 3.05) is 10.6 Å². The molecular formula is C16H15N3O3. The molecule has 0 aliphatic carbocycles. The molecule has 1 heterocycles. The third-order valence-electron chi connectivity index (χ3n) is 3.16. The first-order valence-corrected chi connectivity index (χ1v) is 6.79. The molecule has 0 spiro atoms. The van der Waals surface area contributed by atoms with Crippen molar-refractivity contribution in [1.29, 1.82) is 0 Å². The molecule has 112 valence electrons. The van der Waals surface area contributed by atoms with E-state index in [-0.39, 0.29) is 6.03 Å². The Kier molecular flexibility index (Phi) is 3.42. The first-order chi connectivity index (χ1) is 10.5. The number of nitrogens with one attached hydrogen (secondary N) is 3. The lowest BCUT2D eigenvalue weighted by atomic mass is 10.1. The standard InChI is InChI=1S/C16H15N3O3/c1-9-5-10(2)7-12(6-9)18-15(20)17-11-3-4-13-14(8-11)22-16(21)19-13/h3-8H,1-2H3,(H,19,21)(H2,17,18,20). The molecule has 0 unspecified atom stereocenters. The van der Waals surface area contributed by atoms with Crippen molar-refractivity contribution in [3.63, 3.8) is 0 Å². The van der Waals surface area contributed by atoms with Crippen molar-refractivity contribution in [1.82, 2.24) is 4.98 Å². The van der Waals surface area contributed by atoms with E-state index in [0.29, 0.717) is 16.8 Å². The highest BCUT2D eigenvalue weighted by Crippen LogP contribution is 2.17. The Morgan fingerprint density at radius 3 is 2.41 bits per heavy atom. The highest BCUT2D eigenvalue weighted by Gasteiger charge is 2.06. The number of carbonyl (C=O) groups excluding carboxylic acids is 1. The molecule has 2 amide bonds. The maximum Gasteiger partial charge on any atom is 0.417 e. The second-order valence-electron chi connectivity index (χ2n) is 5.18. The van der Waals surface area contributed by atoms with Crippen LogP contribution in [0.3, 0.4) is 0 Å². The molecule has 3 N–H and O–H groups in total. The first kappa shape index (κ1) is 13.9. The first-order valence-electron chi connectivity index (χ1n) is 6.79. The third kappa shape index (κ3) is 3.01. The van der Waals surface area contributed by atoms with E-state index in [1.807, 2.05) is 32.0 Å². The summed E-state index contributed by atoms with van der Waals surface area (Å²) in [4.78, 5) is 25.7. The molecule has 3 rings (SSSR count). The molecule has 6 nitrogen and oxygen atoms in total. The minimum atomic E-state index is -0.521. The number of aromatic amines is 1. The second-order valence-corrected chi connectivity index (χ2v) is 5.18. The van der Waals surface area contributed by atoms with E-state index < -0.39 is 5.76 Å². The zero-order valence-corrected chi connectivity index (χ0v) is 12.2. The van der Waals surface area contributed by atoms with Crippen molar-refractivity contribution >= 4 is 28.5 Å². The number of aryl methyl sites for hydroxylation is 2. The van der Waals surface area contributed by atoms with E-state index in [4.69, 9.17) is 4.42 Å². The summed E-state index contributed by atoms with van der Waals surface area (Å²) < 4.78 is 4.96. The SMILES string of the molecule is Cc1cc(C)cc(NC(=O)Nc2ccc3[nH]c(=O)oc3c2)c1. The van der Waals surface area contributed by atoms with Gasteiger partial charge in [-0.05, 0) is 49.2 Å². The topological polar surface area (TPSA) is 87.1 Å². The lowest BCUT2D eigenvalue weighted by Gasteiger charge is -2.09. The largest absolute Gasteiger partial charge is 0.417 e. The Labute approximate surface area is 126 Å². The molecule has 3 aromatic rings. The molecular weight excluding hydrogens is 282 g/mol. The third-order valence-corrected chi connectivity index (χ3v) is 3.16. The number of H-pyrrole nitrogens is 1. The zero-order chi connectivity index (χ0) is 15.7. The predicted octanol–water partition coefficient (Wildman–Crippen LogP) is 3.38. The average Bonchev–Trinajstić information content (AvgIpc) is 2.76. The van der Waals surface area contributed by atoms with Crippen LogP contribution in [0.2, 0.25) is 0 Å². The van der Waals surface area contributed by atoms with Gasteiger partial charge in [0.1, 0.15) is 0 Å². The lowest BCUT2D eigenvalue weighted by Crippen LogP contribution is -2.19. The average molecular weight is 297 g/mol. The summed E-state index contributed by atoms with van der Waals surface area (Å²) in [6.45, 7) is 3.94. The van der Waals surface area contributed by atoms with Crippen LogP contribution in [0, 0.1) is 13.8 Å². The number of benzene rings is 2. The van der Waals surface area contributed by atoms with Gasteiger partial charge in [0.2, 0.25) is 0 Å². The van der Waals surface area contributed by atoms with Gasteiger partial charge in [-0.25, -0.2) is 9.59 Å². The van der Waals surface area contributed by atoms with E-state index in [9.17, 15) is 9.59 Å². The summed E-state index contributed by atoms with van der Waals surface area (Å²) in [5.41, 5.74) is 4.40. The van der Waals surface area contributed by atoms with Crippen molar-refractivity contribution < 1.29 is 9.21 Å². The minimum absolute atomic E-state index is 0.359. The molecule has 0 aliphatic rings. The lowest BCUT2D eigenvalue weighted by molar-refractivity contribution is 0.262. The van der Waals surface area contributed by atoms with Gasteiger partial charge >= 0.3 is 11.8 Å². The van der Waals surface area contributed by atoms with Gasteiger partial charge < -0.3 is 15.1 Å². The van der Waals surface area contributed by atoms with Crippen molar-refractivity contribution in [2.45, 2.75) is 13.8 Å². The van der Waals surface area contributed by atoms with Crippen LogP contribution in [-0.2, 0) is 0 Å². The molecule has 2 aromatic carbocycles. The van der Waals surface area contributed by atoms with Crippen LogP contribution in [0.5, 0.6) is 0 Å². The molecule has 0 aliphatic heterocycles. The van der Waals surface area contributed by atoms with Gasteiger partial charge in [-0.2, -0.15) is 0 Å². The molecule has 0 saturated heterocycles. The monoisotopic (exact) mass is 297 g/mol. The number of hydrogen-bond donors (Lipinski definition) is 3. The molecule has 0 radical (unpaired) electrons. The fraction of sp³-hybridized carbons (Fsp3) is 0.125. The quantitative estimate of drug-likeness (QED) is 0.677. The van der Waals surface area contributed by atoms with Crippen LogP contribution in [0.15, 0.2) is 45.6 Å². The van der Waals surface area contributed by atoms with E-state index >= 15 is 0 Å². The van der Waals surface area contributed by atoms with E-state index in [2.05, 4.69) is 15.6 Å². The van der Waals surface area contributed by atoms with Crippen molar-refractivity contribution in [3.05, 3.63) is 58.1 Å². The Morgan fingerprint density at radius 2 is 1.68 bits per heavy atom. The summed E-state index contributed by atoms with van der Waals surface area (Å²) in [5, 5.41) is 5.48.